The van der Waals surface area contributed by atoms with Gasteiger partial charge in [0.15, 0.2) is 0 Å². The molecule has 0 aliphatic carbocycles. The average molecular weight is 400 g/mol. The second-order valence-corrected chi connectivity index (χ2v) is 7.45. The summed E-state index contributed by atoms with van der Waals surface area (Å²) in [5.74, 6) is 4.30. The van der Waals surface area contributed by atoms with E-state index >= 15 is 0 Å². The van der Waals surface area contributed by atoms with Crippen LogP contribution in [0.4, 0.5) is 0 Å². The molecule has 1 aromatic carbocycles. The third-order valence-electron chi connectivity index (χ3n) is 5.32. The van der Waals surface area contributed by atoms with Crippen molar-refractivity contribution in [3.8, 4) is 29.4 Å². The Balaban J connectivity index is 1.40. The SMILES string of the molecule is C#CCOc1cccc(CN2CCC(c3nc(-c4cccnc4)cc(=O)[nH]3)CC2)c1. The summed E-state index contributed by atoms with van der Waals surface area (Å²) in [6, 6.07) is 13.4. The first kappa shape index (κ1) is 19.9. The Morgan fingerprint density at radius 3 is 2.83 bits per heavy atom. The van der Waals surface area contributed by atoms with Gasteiger partial charge in [0.25, 0.3) is 5.56 Å². The Labute approximate surface area is 176 Å². The molecule has 0 radical (unpaired) electrons. The molecule has 4 rings (SSSR count). The van der Waals surface area contributed by atoms with Gasteiger partial charge in [-0.3, -0.25) is 14.7 Å². The van der Waals surface area contributed by atoms with Gasteiger partial charge in [-0.2, -0.15) is 0 Å². The molecule has 1 aliphatic rings. The fraction of sp³-hybridized carbons (Fsp3) is 0.292. The summed E-state index contributed by atoms with van der Waals surface area (Å²) in [7, 11) is 0. The van der Waals surface area contributed by atoms with Crippen LogP contribution in [0.2, 0.25) is 0 Å². The summed E-state index contributed by atoms with van der Waals surface area (Å²) < 4.78 is 5.52. The van der Waals surface area contributed by atoms with Crippen LogP contribution >= 0.6 is 0 Å². The molecular formula is C24H24N4O2. The molecule has 0 bridgehead atoms. The van der Waals surface area contributed by atoms with Crippen LogP contribution in [-0.2, 0) is 6.54 Å². The number of nitrogens with zero attached hydrogens (tertiary/aromatic N) is 3. The maximum Gasteiger partial charge on any atom is 0.251 e. The molecule has 0 saturated carbocycles. The monoisotopic (exact) mass is 400 g/mol. The average Bonchev–Trinajstić information content (AvgIpc) is 2.79. The number of benzene rings is 1. The first-order valence-electron chi connectivity index (χ1n) is 10.1. The second-order valence-electron chi connectivity index (χ2n) is 7.45. The topological polar surface area (TPSA) is 71.1 Å². The molecule has 6 nitrogen and oxygen atoms in total. The fourth-order valence-corrected chi connectivity index (χ4v) is 3.81. The Morgan fingerprint density at radius 1 is 1.20 bits per heavy atom. The molecule has 6 heteroatoms. The predicted octanol–water partition coefficient (Wildman–Crippen LogP) is 3.22. The van der Waals surface area contributed by atoms with E-state index in [2.05, 4.69) is 26.9 Å². The number of aromatic amines is 1. The number of H-pyrrole nitrogens is 1. The summed E-state index contributed by atoms with van der Waals surface area (Å²) in [4.78, 5) is 26.4. The summed E-state index contributed by atoms with van der Waals surface area (Å²) in [6.45, 7) is 3.03. The van der Waals surface area contributed by atoms with Crippen molar-refractivity contribution < 1.29 is 4.74 Å². The molecule has 1 fully saturated rings. The molecule has 152 valence electrons. The van der Waals surface area contributed by atoms with Crippen molar-refractivity contribution in [1.29, 1.82) is 0 Å². The van der Waals surface area contributed by atoms with Crippen molar-refractivity contribution in [3.05, 3.63) is 76.6 Å². The highest BCUT2D eigenvalue weighted by Gasteiger charge is 2.23. The Hall–Kier alpha value is -3.43. The number of piperidine rings is 1. The van der Waals surface area contributed by atoms with E-state index in [1.807, 2.05) is 30.3 Å². The number of pyridine rings is 1. The van der Waals surface area contributed by atoms with Gasteiger partial charge in [0.2, 0.25) is 0 Å². The lowest BCUT2D eigenvalue weighted by Gasteiger charge is -2.31. The van der Waals surface area contributed by atoms with Crippen LogP contribution in [0.1, 0.15) is 30.1 Å². The highest BCUT2D eigenvalue weighted by Crippen LogP contribution is 2.27. The van der Waals surface area contributed by atoms with Crippen molar-refractivity contribution in [2.75, 3.05) is 19.7 Å². The third-order valence-corrected chi connectivity index (χ3v) is 5.32. The van der Waals surface area contributed by atoms with Crippen molar-refractivity contribution in [3.63, 3.8) is 0 Å². The number of hydrogen-bond donors (Lipinski definition) is 1. The third kappa shape index (κ3) is 4.94. The minimum Gasteiger partial charge on any atom is -0.481 e. The van der Waals surface area contributed by atoms with E-state index in [1.165, 1.54) is 11.6 Å². The fourth-order valence-electron chi connectivity index (χ4n) is 3.81. The normalized spacial score (nSPS) is 14.9. The molecule has 0 unspecified atom stereocenters. The molecule has 0 atom stereocenters. The van der Waals surface area contributed by atoms with Gasteiger partial charge in [-0.15, -0.1) is 6.42 Å². The standard InChI is InChI=1S/C24H24N4O2/c1-2-13-30-21-7-3-5-18(14-21)17-28-11-8-19(9-12-28)24-26-22(15-23(29)27-24)20-6-4-10-25-16-20/h1,3-7,10,14-16,19H,8-9,11-13,17H2,(H,26,27,29). The molecule has 1 N–H and O–H groups in total. The molecular weight excluding hydrogens is 376 g/mol. The van der Waals surface area contributed by atoms with Gasteiger partial charge >= 0.3 is 0 Å². The van der Waals surface area contributed by atoms with Crippen LogP contribution in [0.3, 0.4) is 0 Å². The van der Waals surface area contributed by atoms with Crippen molar-refractivity contribution in [2.24, 2.45) is 0 Å². The zero-order valence-electron chi connectivity index (χ0n) is 16.8. The van der Waals surface area contributed by atoms with Crippen LogP contribution < -0.4 is 10.3 Å². The van der Waals surface area contributed by atoms with E-state index in [0.717, 1.165) is 49.6 Å². The van der Waals surface area contributed by atoms with Crippen molar-refractivity contribution >= 4 is 0 Å². The van der Waals surface area contributed by atoms with Gasteiger partial charge in [0, 0.05) is 36.5 Å². The van der Waals surface area contributed by atoms with Crippen LogP contribution in [-0.4, -0.2) is 39.5 Å². The largest absolute Gasteiger partial charge is 0.481 e. The minimum absolute atomic E-state index is 0.120. The highest BCUT2D eigenvalue weighted by molar-refractivity contribution is 5.56. The van der Waals surface area contributed by atoms with Gasteiger partial charge in [-0.25, -0.2) is 4.98 Å². The minimum atomic E-state index is -0.120. The van der Waals surface area contributed by atoms with Crippen LogP contribution in [0.15, 0.2) is 59.7 Å². The number of aromatic nitrogens is 3. The van der Waals surface area contributed by atoms with Crippen LogP contribution in [0.5, 0.6) is 5.75 Å². The lowest BCUT2D eigenvalue weighted by molar-refractivity contribution is 0.201. The number of hydrogen-bond acceptors (Lipinski definition) is 5. The molecule has 30 heavy (non-hydrogen) atoms. The van der Waals surface area contributed by atoms with E-state index < -0.39 is 0 Å². The van der Waals surface area contributed by atoms with E-state index in [1.54, 1.807) is 12.4 Å². The number of terminal acetylenes is 1. The zero-order valence-corrected chi connectivity index (χ0v) is 16.8. The number of ether oxygens (including phenoxy) is 1. The molecule has 1 aliphatic heterocycles. The maximum atomic E-state index is 12.2. The molecule has 1 saturated heterocycles. The van der Waals surface area contributed by atoms with Crippen molar-refractivity contribution in [1.82, 2.24) is 19.9 Å². The van der Waals surface area contributed by atoms with Gasteiger partial charge < -0.3 is 9.72 Å². The van der Waals surface area contributed by atoms with E-state index in [9.17, 15) is 4.79 Å². The zero-order chi connectivity index (χ0) is 20.8. The van der Waals surface area contributed by atoms with Gasteiger partial charge in [0.05, 0.1) is 5.69 Å². The molecule has 0 spiro atoms. The lowest BCUT2D eigenvalue weighted by Crippen LogP contribution is -2.33. The van der Waals surface area contributed by atoms with Gasteiger partial charge in [-0.1, -0.05) is 18.1 Å². The molecule has 2 aromatic heterocycles. The maximum absolute atomic E-state index is 12.2. The van der Waals surface area contributed by atoms with E-state index in [-0.39, 0.29) is 18.1 Å². The second kappa shape index (κ2) is 9.38. The molecule has 0 amide bonds. The van der Waals surface area contributed by atoms with Gasteiger partial charge in [-0.05, 0) is 55.8 Å². The van der Waals surface area contributed by atoms with Crippen LogP contribution in [0.25, 0.3) is 11.3 Å². The highest BCUT2D eigenvalue weighted by atomic mass is 16.5. The van der Waals surface area contributed by atoms with Gasteiger partial charge in [0.1, 0.15) is 18.2 Å². The number of rotatable bonds is 6. The Bertz CT molecular complexity index is 1080. The summed E-state index contributed by atoms with van der Waals surface area (Å²) in [5, 5.41) is 0. The predicted molar refractivity (Wildman–Crippen MR) is 116 cm³/mol. The first-order chi connectivity index (χ1) is 14.7. The number of likely N-dealkylation sites (tertiary alicyclic amines) is 1. The summed E-state index contributed by atoms with van der Waals surface area (Å²) in [6.07, 6.45) is 10.6. The summed E-state index contributed by atoms with van der Waals surface area (Å²) in [5.41, 5.74) is 2.61. The van der Waals surface area contributed by atoms with E-state index in [0.29, 0.717) is 5.69 Å². The molecule has 3 aromatic rings. The summed E-state index contributed by atoms with van der Waals surface area (Å²) >= 11 is 0. The van der Waals surface area contributed by atoms with Crippen molar-refractivity contribution in [2.45, 2.75) is 25.3 Å². The molecule has 3 heterocycles. The first-order valence-corrected chi connectivity index (χ1v) is 10.1. The van der Waals surface area contributed by atoms with Crippen LogP contribution in [0, 0.1) is 12.3 Å². The lowest BCUT2D eigenvalue weighted by atomic mass is 9.95. The Morgan fingerprint density at radius 2 is 2.07 bits per heavy atom. The number of nitrogens with one attached hydrogen (secondary N) is 1. The smallest absolute Gasteiger partial charge is 0.251 e. The Kier molecular flexibility index (Phi) is 6.21. The quantitative estimate of drug-likeness (QED) is 0.644. The van der Waals surface area contributed by atoms with E-state index in [4.69, 9.17) is 16.1 Å².